The number of halogens is 3. The van der Waals surface area contributed by atoms with E-state index >= 15 is 0 Å². The monoisotopic (exact) mass is 564 g/mol. The quantitative estimate of drug-likeness (QED) is 0.279. The molecule has 1 saturated carbocycles. The van der Waals surface area contributed by atoms with E-state index in [2.05, 4.69) is 44.3 Å². The van der Waals surface area contributed by atoms with Gasteiger partial charge in [0, 0.05) is 36.8 Å². The molecule has 1 aliphatic carbocycles. The van der Waals surface area contributed by atoms with Crippen LogP contribution in [0.4, 0.5) is 18.9 Å². The Morgan fingerprint density at radius 2 is 1.76 bits per heavy atom. The lowest BCUT2D eigenvalue weighted by molar-refractivity contribution is -0.274. The summed E-state index contributed by atoms with van der Waals surface area (Å²) in [5.74, 6) is 0.703. The Balaban J connectivity index is 1.01. The Hall–Kier alpha value is -4.21. The number of hydrogen-bond donors (Lipinski definition) is 1. The maximum atomic E-state index is 13.2. The number of nitrogens with zero attached hydrogens (tertiary/aromatic N) is 3. The van der Waals surface area contributed by atoms with E-state index in [1.54, 1.807) is 23.8 Å². The number of hydrogen-bond acceptors (Lipinski definition) is 5. The summed E-state index contributed by atoms with van der Waals surface area (Å²) in [5, 5.41) is 7.62. The number of fused-ring (bicyclic) bond motifs is 1. The zero-order chi connectivity index (χ0) is 28.8. The molecule has 2 aliphatic rings. The molecule has 4 aromatic rings. The predicted molar refractivity (Wildman–Crippen MR) is 148 cm³/mol. The van der Waals surface area contributed by atoms with Crippen molar-refractivity contribution in [1.82, 2.24) is 14.9 Å². The lowest BCUT2D eigenvalue weighted by Crippen LogP contribution is -2.61. The van der Waals surface area contributed by atoms with E-state index in [0.717, 1.165) is 48.4 Å². The van der Waals surface area contributed by atoms with E-state index in [1.807, 2.05) is 25.1 Å². The second kappa shape index (κ2) is 10.3. The standard InChI is InChI=1S/C31H31F3N4O3/c1-3-25-28(26-5-4-6-27(40-2)38(26)36-25)29(39)35-17-20-7-9-21(10-8-20)22-15-30(16-22)18-37(19-30)23-11-13-24(14-12-23)41-31(32,33)34/h4-14,22H,3,15-19H2,1-2H3,(H,35,39). The van der Waals surface area contributed by atoms with E-state index in [1.165, 1.54) is 17.7 Å². The van der Waals surface area contributed by atoms with Crippen molar-refractivity contribution in [2.75, 3.05) is 25.1 Å². The van der Waals surface area contributed by atoms with Crippen molar-refractivity contribution in [3.05, 3.63) is 89.1 Å². The number of pyridine rings is 1. The molecule has 1 spiro atoms. The van der Waals surface area contributed by atoms with Gasteiger partial charge in [-0.3, -0.25) is 4.79 Å². The first-order chi connectivity index (χ1) is 19.7. The first-order valence-electron chi connectivity index (χ1n) is 13.7. The summed E-state index contributed by atoms with van der Waals surface area (Å²) in [7, 11) is 1.58. The first-order valence-corrected chi connectivity index (χ1v) is 13.7. The van der Waals surface area contributed by atoms with E-state index in [0.29, 0.717) is 30.3 Å². The molecule has 1 N–H and O–H groups in total. The van der Waals surface area contributed by atoms with Crippen molar-refractivity contribution in [3.63, 3.8) is 0 Å². The number of anilines is 1. The highest BCUT2D eigenvalue weighted by Crippen LogP contribution is 2.56. The van der Waals surface area contributed by atoms with Crippen LogP contribution in [0.3, 0.4) is 0 Å². The first kappa shape index (κ1) is 27.0. The maximum Gasteiger partial charge on any atom is 0.573 e. The third-order valence-corrected chi connectivity index (χ3v) is 8.22. The molecule has 214 valence electrons. The average Bonchev–Trinajstić information content (AvgIpc) is 3.30. The van der Waals surface area contributed by atoms with Crippen molar-refractivity contribution >= 4 is 17.1 Å². The fourth-order valence-corrected chi connectivity index (χ4v) is 6.20. The van der Waals surface area contributed by atoms with Crippen molar-refractivity contribution in [2.24, 2.45) is 5.41 Å². The fraction of sp³-hybridized carbons (Fsp3) is 0.355. The maximum absolute atomic E-state index is 13.2. The summed E-state index contributed by atoms with van der Waals surface area (Å²) in [6, 6.07) is 20.0. The highest BCUT2D eigenvalue weighted by molar-refractivity contribution is 6.02. The van der Waals surface area contributed by atoms with Crippen molar-refractivity contribution < 1.29 is 27.4 Å². The second-order valence-corrected chi connectivity index (χ2v) is 11.0. The van der Waals surface area contributed by atoms with Gasteiger partial charge >= 0.3 is 6.36 Å². The largest absolute Gasteiger partial charge is 0.573 e. The second-order valence-electron chi connectivity index (χ2n) is 11.0. The van der Waals surface area contributed by atoms with Gasteiger partial charge in [0.2, 0.25) is 5.88 Å². The van der Waals surface area contributed by atoms with Crippen LogP contribution in [0.25, 0.3) is 5.52 Å². The third-order valence-electron chi connectivity index (χ3n) is 8.22. The van der Waals surface area contributed by atoms with E-state index in [-0.39, 0.29) is 17.1 Å². The smallest absolute Gasteiger partial charge is 0.481 e. The Labute approximate surface area is 235 Å². The Morgan fingerprint density at radius 1 is 1.05 bits per heavy atom. The number of ether oxygens (including phenoxy) is 2. The molecular weight excluding hydrogens is 533 g/mol. The number of aromatic nitrogens is 2. The topological polar surface area (TPSA) is 68.1 Å². The Morgan fingerprint density at radius 3 is 2.39 bits per heavy atom. The zero-order valence-electron chi connectivity index (χ0n) is 22.9. The van der Waals surface area contributed by atoms with Gasteiger partial charge in [-0.05, 0) is 66.6 Å². The molecule has 10 heteroatoms. The number of carbonyl (C=O) groups excluding carboxylic acids is 1. The van der Waals surface area contributed by atoms with Crippen molar-refractivity contribution in [2.45, 2.75) is 45.0 Å². The molecule has 0 atom stereocenters. The molecule has 7 nitrogen and oxygen atoms in total. The van der Waals surface area contributed by atoms with Crippen molar-refractivity contribution in [3.8, 4) is 11.6 Å². The number of carbonyl (C=O) groups is 1. The molecule has 1 aliphatic heterocycles. The van der Waals surface area contributed by atoms with Crippen LogP contribution in [0.2, 0.25) is 0 Å². The summed E-state index contributed by atoms with van der Waals surface area (Å²) in [4.78, 5) is 15.4. The van der Waals surface area contributed by atoms with Gasteiger partial charge in [0.25, 0.3) is 5.91 Å². The molecule has 3 heterocycles. The third kappa shape index (κ3) is 5.30. The van der Waals surface area contributed by atoms with Gasteiger partial charge in [-0.1, -0.05) is 37.3 Å². The summed E-state index contributed by atoms with van der Waals surface area (Å²) < 4.78 is 48.2. The van der Waals surface area contributed by atoms with Crippen LogP contribution < -0.4 is 19.7 Å². The van der Waals surface area contributed by atoms with Gasteiger partial charge in [0.1, 0.15) is 5.75 Å². The minimum atomic E-state index is -4.68. The minimum Gasteiger partial charge on any atom is -0.481 e. The number of alkyl halides is 3. The number of methoxy groups -OCH3 is 1. The van der Waals surface area contributed by atoms with Gasteiger partial charge in [0.15, 0.2) is 0 Å². The number of benzene rings is 2. The van der Waals surface area contributed by atoms with Gasteiger partial charge < -0.3 is 19.7 Å². The molecule has 0 bridgehead atoms. The van der Waals surface area contributed by atoms with Crippen LogP contribution in [0.1, 0.15) is 52.9 Å². The number of nitrogens with one attached hydrogen (secondary N) is 1. The molecule has 0 unspecified atom stereocenters. The van der Waals surface area contributed by atoms with Crippen LogP contribution in [0.5, 0.6) is 11.6 Å². The van der Waals surface area contributed by atoms with Gasteiger partial charge in [-0.15, -0.1) is 13.2 Å². The van der Waals surface area contributed by atoms with E-state index < -0.39 is 6.36 Å². The summed E-state index contributed by atoms with van der Waals surface area (Å²) >= 11 is 0. The highest BCUT2D eigenvalue weighted by Gasteiger charge is 2.52. The molecule has 41 heavy (non-hydrogen) atoms. The predicted octanol–water partition coefficient (Wildman–Crippen LogP) is 6.12. The van der Waals surface area contributed by atoms with Crippen LogP contribution in [-0.2, 0) is 13.0 Å². The Bertz CT molecular complexity index is 1550. The molecular formula is C31H31F3N4O3. The zero-order valence-corrected chi connectivity index (χ0v) is 22.9. The minimum absolute atomic E-state index is 0.160. The number of amides is 1. The SMILES string of the molecule is CCc1nn2c(OC)cccc2c1C(=O)NCc1ccc(C2CC3(C2)CN(c2ccc(OC(F)(F)F)cc2)C3)cc1. The van der Waals surface area contributed by atoms with Crippen molar-refractivity contribution in [1.29, 1.82) is 0 Å². The van der Waals surface area contributed by atoms with E-state index in [4.69, 9.17) is 4.74 Å². The lowest BCUT2D eigenvalue weighted by Gasteiger charge is -2.60. The van der Waals surface area contributed by atoms with Gasteiger partial charge in [0.05, 0.1) is 23.9 Å². The number of rotatable bonds is 8. The van der Waals surface area contributed by atoms with Crippen LogP contribution in [0.15, 0.2) is 66.7 Å². The Kier molecular flexibility index (Phi) is 6.79. The summed E-state index contributed by atoms with van der Waals surface area (Å²) in [6.45, 7) is 4.20. The van der Waals surface area contributed by atoms with E-state index in [9.17, 15) is 18.0 Å². The van der Waals surface area contributed by atoms with Crippen LogP contribution in [0, 0.1) is 5.41 Å². The molecule has 0 radical (unpaired) electrons. The molecule has 6 rings (SSSR count). The summed E-state index contributed by atoms with van der Waals surface area (Å²) in [6.07, 6.45) is -1.87. The summed E-state index contributed by atoms with van der Waals surface area (Å²) in [5.41, 5.74) is 5.51. The fourth-order valence-electron chi connectivity index (χ4n) is 6.20. The van der Waals surface area contributed by atoms with Gasteiger partial charge in [-0.2, -0.15) is 9.61 Å². The highest BCUT2D eigenvalue weighted by atomic mass is 19.4. The molecule has 1 saturated heterocycles. The average molecular weight is 565 g/mol. The molecule has 2 aromatic heterocycles. The molecule has 2 fully saturated rings. The number of aryl methyl sites for hydroxylation is 1. The molecule has 2 aromatic carbocycles. The molecule has 1 amide bonds. The van der Waals surface area contributed by atoms with Crippen LogP contribution in [-0.4, -0.2) is 42.1 Å². The normalized spacial score (nSPS) is 16.4. The van der Waals surface area contributed by atoms with Gasteiger partial charge in [-0.25, -0.2) is 0 Å². The lowest BCUT2D eigenvalue weighted by atomic mass is 9.56. The van der Waals surface area contributed by atoms with Crippen LogP contribution >= 0.6 is 0 Å².